The van der Waals surface area contributed by atoms with Gasteiger partial charge in [0.25, 0.3) is 0 Å². The Kier molecular flexibility index (Phi) is 10.3. The van der Waals surface area contributed by atoms with Crippen LogP contribution in [0.5, 0.6) is 5.75 Å². The van der Waals surface area contributed by atoms with E-state index in [0.29, 0.717) is 24.5 Å². The highest BCUT2D eigenvalue weighted by molar-refractivity contribution is 7.92. The van der Waals surface area contributed by atoms with Crippen molar-refractivity contribution in [2.75, 3.05) is 23.7 Å². The van der Waals surface area contributed by atoms with Crippen molar-refractivity contribution in [2.24, 2.45) is 0 Å². The van der Waals surface area contributed by atoms with Crippen molar-refractivity contribution in [2.45, 2.75) is 52.3 Å². The summed E-state index contributed by atoms with van der Waals surface area (Å²) >= 11 is 0. The SMILES string of the molecule is C[C@@H](C(=O)NC(C)(C)C)N(CCc1ccccc1)C(=O)CN(c1ccc(OCc2ccccc2)cc1)S(C)(=O)=O. The Morgan fingerprint density at radius 2 is 1.43 bits per heavy atom. The zero-order valence-electron chi connectivity index (χ0n) is 23.8. The van der Waals surface area contributed by atoms with Crippen molar-refractivity contribution >= 4 is 27.5 Å². The maximum atomic E-state index is 13.6. The highest BCUT2D eigenvalue weighted by atomic mass is 32.2. The number of nitrogens with one attached hydrogen (secondary N) is 1. The van der Waals surface area contributed by atoms with Gasteiger partial charge < -0.3 is 15.0 Å². The fourth-order valence-corrected chi connectivity index (χ4v) is 4.96. The summed E-state index contributed by atoms with van der Waals surface area (Å²) in [7, 11) is -3.81. The second-order valence-corrected chi connectivity index (χ2v) is 12.7. The number of anilines is 1. The Labute approximate surface area is 238 Å². The van der Waals surface area contributed by atoms with Crippen molar-refractivity contribution in [3.8, 4) is 5.75 Å². The van der Waals surface area contributed by atoms with Crippen molar-refractivity contribution in [3.63, 3.8) is 0 Å². The fourth-order valence-electron chi connectivity index (χ4n) is 4.11. The van der Waals surface area contributed by atoms with Crippen LogP contribution in [0.25, 0.3) is 0 Å². The number of hydrogen-bond donors (Lipinski definition) is 1. The van der Waals surface area contributed by atoms with Gasteiger partial charge in [0, 0.05) is 12.1 Å². The highest BCUT2D eigenvalue weighted by Crippen LogP contribution is 2.23. The fraction of sp³-hybridized carbons (Fsp3) is 0.355. The standard InChI is InChI=1S/C31H39N3O5S/c1-24(30(36)32-31(2,3)4)33(21-20-25-12-8-6-9-13-25)29(35)22-34(40(5,37)38)27-16-18-28(19-17-27)39-23-26-14-10-7-11-15-26/h6-19,24H,20-23H2,1-5H3,(H,32,36)/t24-/m0/s1. The van der Waals surface area contributed by atoms with Crippen LogP contribution in [-0.4, -0.2) is 56.1 Å². The number of ether oxygens (including phenoxy) is 1. The molecule has 0 aliphatic heterocycles. The lowest BCUT2D eigenvalue weighted by Crippen LogP contribution is -2.55. The van der Waals surface area contributed by atoms with Crippen molar-refractivity contribution < 1.29 is 22.7 Å². The number of rotatable bonds is 12. The summed E-state index contributed by atoms with van der Waals surface area (Å²) in [6, 6.07) is 25.1. The summed E-state index contributed by atoms with van der Waals surface area (Å²) < 4.78 is 32.5. The van der Waals surface area contributed by atoms with Crippen LogP contribution in [0.1, 0.15) is 38.8 Å². The van der Waals surface area contributed by atoms with Gasteiger partial charge in [-0.2, -0.15) is 0 Å². The molecule has 0 unspecified atom stereocenters. The summed E-state index contributed by atoms with van der Waals surface area (Å²) in [5.74, 6) is -0.202. The Bertz CT molecular complexity index is 1360. The normalized spacial score (nSPS) is 12.3. The van der Waals surface area contributed by atoms with Crippen LogP contribution in [-0.2, 0) is 32.6 Å². The van der Waals surface area contributed by atoms with Crippen LogP contribution in [0.15, 0.2) is 84.9 Å². The molecule has 3 aromatic carbocycles. The molecule has 0 saturated carbocycles. The predicted octanol–water partition coefficient (Wildman–Crippen LogP) is 4.41. The molecule has 0 heterocycles. The first-order valence-corrected chi connectivity index (χ1v) is 15.1. The van der Waals surface area contributed by atoms with Crippen LogP contribution in [0.2, 0.25) is 0 Å². The predicted molar refractivity (Wildman–Crippen MR) is 159 cm³/mol. The van der Waals surface area contributed by atoms with Gasteiger partial charge in [0.15, 0.2) is 0 Å². The Morgan fingerprint density at radius 1 is 0.875 bits per heavy atom. The second-order valence-electron chi connectivity index (χ2n) is 10.8. The molecule has 1 N–H and O–H groups in total. The van der Waals surface area contributed by atoms with Gasteiger partial charge in [-0.15, -0.1) is 0 Å². The van der Waals surface area contributed by atoms with E-state index in [1.54, 1.807) is 31.2 Å². The van der Waals surface area contributed by atoms with E-state index in [1.165, 1.54) is 4.90 Å². The van der Waals surface area contributed by atoms with Crippen LogP contribution < -0.4 is 14.4 Å². The monoisotopic (exact) mass is 565 g/mol. The van der Waals surface area contributed by atoms with E-state index in [4.69, 9.17) is 4.74 Å². The maximum Gasteiger partial charge on any atom is 0.244 e. The van der Waals surface area contributed by atoms with Gasteiger partial charge in [-0.1, -0.05) is 60.7 Å². The lowest BCUT2D eigenvalue weighted by molar-refractivity contribution is -0.139. The molecule has 0 aromatic heterocycles. The Morgan fingerprint density at radius 3 is 1.95 bits per heavy atom. The molecule has 2 amide bonds. The van der Waals surface area contributed by atoms with E-state index in [9.17, 15) is 18.0 Å². The van der Waals surface area contributed by atoms with E-state index in [0.717, 1.165) is 21.7 Å². The molecule has 40 heavy (non-hydrogen) atoms. The summed E-state index contributed by atoms with van der Waals surface area (Å²) in [5, 5.41) is 2.92. The van der Waals surface area contributed by atoms with Gasteiger partial charge in [-0.05, 0) is 69.5 Å². The summed E-state index contributed by atoms with van der Waals surface area (Å²) in [6.45, 7) is 7.45. The van der Waals surface area contributed by atoms with E-state index in [-0.39, 0.29) is 12.5 Å². The molecular formula is C31H39N3O5S. The maximum absolute atomic E-state index is 13.6. The molecule has 1 atom stereocenters. The molecule has 0 radical (unpaired) electrons. The van der Waals surface area contributed by atoms with Gasteiger partial charge >= 0.3 is 0 Å². The van der Waals surface area contributed by atoms with Crippen molar-refractivity contribution in [1.29, 1.82) is 0 Å². The lowest BCUT2D eigenvalue weighted by atomic mass is 10.1. The summed E-state index contributed by atoms with van der Waals surface area (Å²) in [6.07, 6.45) is 1.58. The minimum Gasteiger partial charge on any atom is -0.489 e. The van der Waals surface area contributed by atoms with E-state index >= 15 is 0 Å². The van der Waals surface area contributed by atoms with Crippen molar-refractivity contribution in [3.05, 3.63) is 96.1 Å². The Balaban J connectivity index is 1.79. The topological polar surface area (TPSA) is 96.0 Å². The molecule has 3 rings (SSSR count). The molecule has 9 heteroatoms. The third-order valence-corrected chi connectivity index (χ3v) is 7.34. The van der Waals surface area contributed by atoms with Crippen LogP contribution in [0.3, 0.4) is 0 Å². The minimum atomic E-state index is -3.81. The van der Waals surface area contributed by atoms with Crippen LogP contribution in [0, 0.1) is 0 Å². The van der Waals surface area contributed by atoms with Gasteiger partial charge in [0.2, 0.25) is 21.8 Å². The first-order chi connectivity index (χ1) is 18.8. The number of carbonyl (C=O) groups is 2. The first kappa shape index (κ1) is 30.7. The largest absolute Gasteiger partial charge is 0.489 e. The number of carbonyl (C=O) groups excluding carboxylic acids is 2. The average Bonchev–Trinajstić information content (AvgIpc) is 2.90. The van der Waals surface area contributed by atoms with Gasteiger partial charge in [-0.3, -0.25) is 13.9 Å². The Hall–Kier alpha value is -3.85. The van der Waals surface area contributed by atoms with Crippen LogP contribution in [0.4, 0.5) is 5.69 Å². The van der Waals surface area contributed by atoms with Gasteiger partial charge in [-0.25, -0.2) is 8.42 Å². The zero-order valence-corrected chi connectivity index (χ0v) is 24.6. The molecule has 0 saturated heterocycles. The number of hydrogen-bond acceptors (Lipinski definition) is 5. The quantitative estimate of drug-likeness (QED) is 0.351. The van der Waals surface area contributed by atoms with E-state index in [1.807, 2.05) is 81.4 Å². The van der Waals surface area contributed by atoms with Crippen LogP contribution >= 0.6 is 0 Å². The van der Waals surface area contributed by atoms with Crippen molar-refractivity contribution in [1.82, 2.24) is 10.2 Å². The third kappa shape index (κ3) is 9.41. The smallest absolute Gasteiger partial charge is 0.244 e. The molecule has 0 aliphatic carbocycles. The lowest BCUT2D eigenvalue weighted by Gasteiger charge is -2.33. The van der Waals surface area contributed by atoms with E-state index in [2.05, 4.69) is 5.32 Å². The van der Waals surface area contributed by atoms with E-state index < -0.39 is 34.1 Å². The molecular weight excluding hydrogens is 526 g/mol. The summed E-state index contributed by atoms with van der Waals surface area (Å²) in [5.41, 5.74) is 1.87. The second kappa shape index (κ2) is 13.5. The third-order valence-electron chi connectivity index (χ3n) is 6.20. The first-order valence-electron chi connectivity index (χ1n) is 13.2. The summed E-state index contributed by atoms with van der Waals surface area (Å²) in [4.78, 5) is 28.1. The number of benzene rings is 3. The number of nitrogens with zero attached hydrogens (tertiary/aromatic N) is 2. The molecule has 0 fully saturated rings. The molecule has 3 aromatic rings. The molecule has 0 bridgehead atoms. The average molecular weight is 566 g/mol. The molecule has 214 valence electrons. The number of amides is 2. The minimum absolute atomic E-state index is 0.255. The highest BCUT2D eigenvalue weighted by Gasteiger charge is 2.31. The zero-order chi connectivity index (χ0) is 29.3. The van der Waals surface area contributed by atoms with Gasteiger partial charge in [0.05, 0.1) is 11.9 Å². The molecule has 0 spiro atoms. The molecule has 0 aliphatic rings. The molecule has 8 nitrogen and oxygen atoms in total. The van der Waals surface area contributed by atoms with Gasteiger partial charge in [0.1, 0.15) is 24.9 Å². The number of sulfonamides is 1.